The second kappa shape index (κ2) is 7.08. The maximum absolute atomic E-state index is 5.88. The molecule has 0 fully saturated rings. The van der Waals surface area contributed by atoms with Crippen LogP contribution in [0.25, 0.3) is 0 Å². The summed E-state index contributed by atoms with van der Waals surface area (Å²) in [6.07, 6.45) is 0.913. The van der Waals surface area contributed by atoms with Crippen LogP contribution in [0.2, 0.25) is 5.28 Å². The monoisotopic (exact) mass is 308 g/mol. The third-order valence-corrected chi connectivity index (χ3v) is 2.66. The quantitative estimate of drug-likeness (QED) is 0.817. The minimum atomic E-state index is 0.0793. The number of ether oxygens (including phenoxy) is 2. The van der Waals surface area contributed by atoms with Gasteiger partial charge in [-0.15, -0.1) is 0 Å². The van der Waals surface area contributed by atoms with E-state index in [4.69, 9.17) is 21.1 Å². The molecular formula is C14H17ClN4O2. The topological polar surface area (TPSA) is 60.4 Å². The molecule has 0 unspecified atom stereocenters. The Bertz CT molecular complexity index is 607. The van der Waals surface area contributed by atoms with Crippen LogP contribution in [0, 0.1) is 0 Å². The van der Waals surface area contributed by atoms with Crippen LogP contribution >= 0.6 is 11.6 Å². The fourth-order valence-electron chi connectivity index (χ4n) is 1.53. The van der Waals surface area contributed by atoms with Crippen LogP contribution in [-0.4, -0.2) is 35.7 Å². The van der Waals surface area contributed by atoms with E-state index in [9.17, 15) is 0 Å². The molecule has 0 aliphatic carbocycles. The van der Waals surface area contributed by atoms with E-state index < -0.39 is 0 Å². The van der Waals surface area contributed by atoms with Crippen LogP contribution in [-0.2, 0) is 0 Å². The molecule has 2 aromatic rings. The van der Waals surface area contributed by atoms with E-state index in [0.717, 1.165) is 6.42 Å². The molecule has 21 heavy (non-hydrogen) atoms. The normalized spacial score (nSPS) is 10.3. The first-order valence-corrected chi connectivity index (χ1v) is 6.96. The molecule has 1 aromatic heterocycles. The Morgan fingerprint density at radius 2 is 1.81 bits per heavy atom. The highest BCUT2D eigenvalue weighted by Crippen LogP contribution is 2.30. The van der Waals surface area contributed by atoms with Crippen LogP contribution in [0.15, 0.2) is 24.3 Å². The molecular weight excluding hydrogens is 292 g/mol. The molecule has 6 nitrogen and oxygen atoms in total. The van der Waals surface area contributed by atoms with Gasteiger partial charge in [-0.2, -0.15) is 15.0 Å². The lowest BCUT2D eigenvalue weighted by Crippen LogP contribution is -2.13. The molecule has 0 amide bonds. The van der Waals surface area contributed by atoms with E-state index in [1.807, 2.05) is 39.2 Å². The van der Waals surface area contributed by atoms with Crippen molar-refractivity contribution in [3.05, 3.63) is 29.5 Å². The molecule has 0 spiro atoms. The molecule has 2 rings (SSSR count). The number of anilines is 1. The predicted molar refractivity (Wildman–Crippen MR) is 81.5 cm³/mol. The average molecular weight is 309 g/mol. The number of aromatic nitrogens is 3. The largest absolute Gasteiger partial charge is 0.490 e. The summed E-state index contributed by atoms with van der Waals surface area (Å²) in [4.78, 5) is 13.9. The van der Waals surface area contributed by atoms with Crippen LogP contribution in [0.4, 0.5) is 5.95 Å². The minimum absolute atomic E-state index is 0.0793. The molecule has 0 N–H and O–H groups in total. The number of benzene rings is 1. The van der Waals surface area contributed by atoms with Crippen LogP contribution in [0.5, 0.6) is 17.5 Å². The van der Waals surface area contributed by atoms with Gasteiger partial charge in [-0.25, -0.2) is 0 Å². The van der Waals surface area contributed by atoms with Crippen molar-refractivity contribution >= 4 is 17.5 Å². The highest BCUT2D eigenvalue weighted by atomic mass is 35.5. The standard InChI is InChI=1S/C14H17ClN4O2/c1-4-9-20-10-7-5-6-8-11(10)21-14-17-12(15)16-13(18-14)19(2)3/h5-8H,4,9H2,1-3H3. The maximum Gasteiger partial charge on any atom is 0.328 e. The SMILES string of the molecule is CCCOc1ccccc1Oc1nc(Cl)nc(N(C)C)n1. The van der Waals surface area contributed by atoms with Gasteiger partial charge in [0.05, 0.1) is 6.61 Å². The summed E-state index contributed by atoms with van der Waals surface area (Å²) >= 11 is 5.88. The molecule has 7 heteroatoms. The number of halogens is 1. The Morgan fingerprint density at radius 3 is 2.48 bits per heavy atom. The Kier molecular flexibility index (Phi) is 5.16. The number of rotatable bonds is 6. The first-order chi connectivity index (χ1) is 10.1. The fourth-order valence-corrected chi connectivity index (χ4v) is 1.68. The van der Waals surface area contributed by atoms with Crippen molar-refractivity contribution in [3.63, 3.8) is 0 Å². The van der Waals surface area contributed by atoms with Gasteiger partial charge in [0.15, 0.2) is 11.5 Å². The van der Waals surface area contributed by atoms with Crippen molar-refractivity contribution in [2.75, 3.05) is 25.6 Å². The van der Waals surface area contributed by atoms with E-state index in [1.54, 1.807) is 11.0 Å². The lowest BCUT2D eigenvalue weighted by Gasteiger charge is -2.13. The third-order valence-electron chi connectivity index (χ3n) is 2.49. The lowest BCUT2D eigenvalue weighted by molar-refractivity contribution is 0.299. The molecule has 0 aliphatic rings. The number of para-hydroxylation sites is 2. The highest BCUT2D eigenvalue weighted by molar-refractivity contribution is 6.28. The van der Waals surface area contributed by atoms with Gasteiger partial charge in [-0.05, 0) is 30.2 Å². The van der Waals surface area contributed by atoms with Crippen molar-refractivity contribution in [2.45, 2.75) is 13.3 Å². The number of hydrogen-bond donors (Lipinski definition) is 0. The zero-order chi connectivity index (χ0) is 15.2. The second-order valence-corrected chi connectivity index (χ2v) is 4.82. The lowest BCUT2D eigenvalue weighted by atomic mass is 10.3. The van der Waals surface area contributed by atoms with Gasteiger partial charge in [0, 0.05) is 14.1 Å². The molecule has 0 bridgehead atoms. The zero-order valence-electron chi connectivity index (χ0n) is 12.2. The van der Waals surface area contributed by atoms with Gasteiger partial charge in [0.2, 0.25) is 11.2 Å². The molecule has 112 valence electrons. The van der Waals surface area contributed by atoms with Crippen molar-refractivity contribution in [2.24, 2.45) is 0 Å². The van der Waals surface area contributed by atoms with Crippen LogP contribution in [0.3, 0.4) is 0 Å². The second-order valence-electron chi connectivity index (χ2n) is 4.48. The number of nitrogens with zero attached hydrogens (tertiary/aromatic N) is 4. The molecule has 0 radical (unpaired) electrons. The molecule has 0 atom stereocenters. The summed E-state index contributed by atoms with van der Waals surface area (Å²) in [7, 11) is 3.63. The van der Waals surface area contributed by atoms with Gasteiger partial charge >= 0.3 is 6.01 Å². The van der Waals surface area contributed by atoms with Crippen LogP contribution in [0.1, 0.15) is 13.3 Å². The number of hydrogen-bond acceptors (Lipinski definition) is 6. The Morgan fingerprint density at radius 1 is 1.10 bits per heavy atom. The van der Waals surface area contributed by atoms with E-state index in [-0.39, 0.29) is 11.3 Å². The van der Waals surface area contributed by atoms with Crippen molar-refractivity contribution < 1.29 is 9.47 Å². The smallest absolute Gasteiger partial charge is 0.328 e. The van der Waals surface area contributed by atoms with Gasteiger partial charge in [-0.1, -0.05) is 19.1 Å². The Balaban J connectivity index is 2.25. The fraction of sp³-hybridized carbons (Fsp3) is 0.357. The Labute approximate surface area is 128 Å². The Hall–Kier alpha value is -2.08. The van der Waals surface area contributed by atoms with Gasteiger partial charge in [-0.3, -0.25) is 0 Å². The van der Waals surface area contributed by atoms with E-state index in [2.05, 4.69) is 15.0 Å². The molecule has 1 heterocycles. The molecule has 0 saturated carbocycles. The third kappa shape index (κ3) is 4.19. The summed E-state index contributed by atoms with van der Waals surface area (Å²) in [5.41, 5.74) is 0. The summed E-state index contributed by atoms with van der Waals surface area (Å²) in [5, 5.41) is 0.0793. The van der Waals surface area contributed by atoms with E-state index in [0.29, 0.717) is 24.1 Å². The first kappa shape index (κ1) is 15.3. The summed E-state index contributed by atoms with van der Waals surface area (Å²) in [6.45, 7) is 2.65. The van der Waals surface area contributed by atoms with Gasteiger partial charge in [0.25, 0.3) is 0 Å². The van der Waals surface area contributed by atoms with Gasteiger partial charge < -0.3 is 14.4 Å². The molecule has 0 aliphatic heterocycles. The maximum atomic E-state index is 5.88. The summed E-state index contributed by atoms with van der Waals surface area (Å²) in [5.74, 6) is 1.61. The van der Waals surface area contributed by atoms with Gasteiger partial charge in [0.1, 0.15) is 0 Å². The first-order valence-electron chi connectivity index (χ1n) is 6.58. The summed E-state index contributed by atoms with van der Waals surface area (Å²) in [6, 6.07) is 7.48. The van der Waals surface area contributed by atoms with Crippen molar-refractivity contribution in [1.82, 2.24) is 15.0 Å². The zero-order valence-corrected chi connectivity index (χ0v) is 13.0. The van der Waals surface area contributed by atoms with Crippen LogP contribution < -0.4 is 14.4 Å². The molecule has 1 aromatic carbocycles. The van der Waals surface area contributed by atoms with Crippen molar-refractivity contribution in [3.8, 4) is 17.5 Å². The highest BCUT2D eigenvalue weighted by Gasteiger charge is 2.11. The predicted octanol–water partition coefficient (Wildman–Crippen LogP) is 3.17. The van der Waals surface area contributed by atoms with E-state index >= 15 is 0 Å². The minimum Gasteiger partial charge on any atom is -0.490 e. The molecule has 0 saturated heterocycles. The average Bonchev–Trinajstić information content (AvgIpc) is 2.45. The summed E-state index contributed by atoms with van der Waals surface area (Å²) < 4.78 is 11.3. The van der Waals surface area contributed by atoms with Crippen molar-refractivity contribution in [1.29, 1.82) is 0 Å². The van der Waals surface area contributed by atoms with E-state index in [1.165, 1.54) is 0 Å².